The lowest BCUT2D eigenvalue weighted by Crippen LogP contribution is -2.34. The highest BCUT2D eigenvalue weighted by Gasteiger charge is 2.37. The second-order valence-corrected chi connectivity index (χ2v) is 8.04. The first-order chi connectivity index (χ1) is 15.1. The maximum Gasteiger partial charge on any atom is 0.178 e. The molecule has 0 aliphatic carbocycles. The van der Waals surface area contributed by atoms with Gasteiger partial charge in [-0.2, -0.15) is 0 Å². The number of hydrogen-bond donors (Lipinski definition) is 0. The van der Waals surface area contributed by atoms with Crippen LogP contribution in [0.1, 0.15) is 16.7 Å². The van der Waals surface area contributed by atoms with Gasteiger partial charge >= 0.3 is 0 Å². The minimum atomic E-state index is -0.716. The molecule has 31 heavy (non-hydrogen) atoms. The molecule has 3 nitrogen and oxygen atoms in total. The Bertz CT molecular complexity index is 1260. The number of methoxy groups -OCH3 is 1. The maximum atomic E-state index is 6.83. The summed E-state index contributed by atoms with van der Waals surface area (Å²) in [6.07, 6.45) is 4.37. The third-order valence-electron chi connectivity index (χ3n) is 6.02. The van der Waals surface area contributed by atoms with Gasteiger partial charge in [0, 0.05) is 36.5 Å². The van der Waals surface area contributed by atoms with Gasteiger partial charge in [-0.15, -0.1) is 0 Å². The Morgan fingerprint density at radius 1 is 0.774 bits per heavy atom. The van der Waals surface area contributed by atoms with Crippen molar-refractivity contribution in [1.29, 1.82) is 0 Å². The standard InChI is InChI=1S/C28H25NO2/c1-29(2)23-13-9-21(10-14-23)28(22-11-15-24(30-3)16-12-22)19-18-26-25-7-5-4-6-20(25)8-17-27(26)31-28/h4-19H,1-3H3. The van der Waals surface area contributed by atoms with Gasteiger partial charge in [0.2, 0.25) is 0 Å². The molecule has 0 fully saturated rings. The van der Waals surface area contributed by atoms with E-state index >= 15 is 0 Å². The first-order valence-electron chi connectivity index (χ1n) is 10.4. The van der Waals surface area contributed by atoms with Crippen LogP contribution in [0.5, 0.6) is 11.5 Å². The van der Waals surface area contributed by atoms with E-state index in [1.54, 1.807) is 7.11 Å². The fraction of sp³-hybridized carbons (Fsp3) is 0.143. The summed E-state index contributed by atoms with van der Waals surface area (Å²) in [4.78, 5) is 2.10. The smallest absolute Gasteiger partial charge is 0.178 e. The van der Waals surface area contributed by atoms with Crippen molar-refractivity contribution in [3.05, 3.63) is 108 Å². The molecule has 154 valence electrons. The summed E-state index contributed by atoms with van der Waals surface area (Å²) in [6, 6.07) is 29.3. The van der Waals surface area contributed by atoms with Crippen molar-refractivity contribution in [2.24, 2.45) is 0 Å². The number of nitrogens with zero attached hydrogens (tertiary/aromatic N) is 1. The van der Waals surface area contributed by atoms with E-state index in [0.29, 0.717) is 0 Å². The molecule has 0 saturated carbocycles. The number of ether oxygens (including phenoxy) is 2. The molecule has 3 heteroatoms. The summed E-state index contributed by atoms with van der Waals surface area (Å²) in [5.74, 6) is 1.71. The highest BCUT2D eigenvalue weighted by molar-refractivity contribution is 5.94. The lowest BCUT2D eigenvalue weighted by molar-refractivity contribution is 0.161. The monoisotopic (exact) mass is 407 g/mol. The molecule has 0 N–H and O–H groups in total. The van der Waals surface area contributed by atoms with Gasteiger partial charge in [-0.1, -0.05) is 54.6 Å². The van der Waals surface area contributed by atoms with E-state index in [4.69, 9.17) is 9.47 Å². The second-order valence-electron chi connectivity index (χ2n) is 8.04. The van der Waals surface area contributed by atoms with E-state index in [9.17, 15) is 0 Å². The first-order valence-corrected chi connectivity index (χ1v) is 10.4. The van der Waals surface area contributed by atoms with Crippen molar-refractivity contribution >= 4 is 22.5 Å². The SMILES string of the molecule is COc1ccc(C2(c3ccc(N(C)C)cc3)C=Cc3c(ccc4ccccc34)O2)cc1. The van der Waals surface area contributed by atoms with Gasteiger partial charge in [0.05, 0.1) is 7.11 Å². The summed E-state index contributed by atoms with van der Waals surface area (Å²) >= 11 is 0. The van der Waals surface area contributed by atoms with Gasteiger partial charge in [0.25, 0.3) is 0 Å². The molecule has 4 aromatic rings. The van der Waals surface area contributed by atoms with Crippen molar-refractivity contribution in [2.45, 2.75) is 5.60 Å². The molecular weight excluding hydrogens is 382 g/mol. The normalized spacial score (nSPS) is 17.1. The van der Waals surface area contributed by atoms with Crippen molar-refractivity contribution in [3.63, 3.8) is 0 Å². The van der Waals surface area contributed by atoms with Crippen molar-refractivity contribution < 1.29 is 9.47 Å². The summed E-state index contributed by atoms with van der Waals surface area (Å²) in [5, 5.41) is 2.41. The minimum absolute atomic E-state index is 0.716. The zero-order chi connectivity index (χ0) is 21.4. The summed E-state index contributed by atoms with van der Waals surface area (Å²) < 4.78 is 12.2. The quantitative estimate of drug-likeness (QED) is 0.398. The van der Waals surface area contributed by atoms with Crippen LogP contribution in [0.2, 0.25) is 0 Å². The lowest BCUT2D eigenvalue weighted by atomic mass is 9.83. The molecule has 4 aromatic carbocycles. The zero-order valence-electron chi connectivity index (χ0n) is 18.0. The van der Waals surface area contributed by atoms with Crippen molar-refractivity contribution in [3.8, 4) is 11.5 Å². The van der Waals surface area contributed by atoms with E-state index in [2.05, 4.69) is 89.8 Å². The van der Waals surface area contributed by atoms with E-state index in [1.165, 1.54) is 10.8 Å². The molecule has 1 aliphatic rings. The van der Waals surface area contributed by atoms with Crippen LogP contribution in [0, 0.1) is 0 Å². The van der Waals surface area contributed by atoms with E-state index < -0.39 is 5.60 Å². The molecule has 0 saturated heterocycles. The molecule has 5 rings (SSSR count). The van der Waals surface area contributed by atoms with Gasteiger partial charge in [-0.25, -0.2) is 0 Å². The molecule has 0 bridgehead atoms. The number of anilines is 1. The van der Waals surface area contributed by atoms with Crippen LogP contribution in [-0.2, 0) is 5.60 Å². The maximum absolute atomic E-state index is 6.83. The van der Waals surface area contributed by atoms with Gasteiger partial charge in [0.15, 0.2) is 5.60 Å². The van der Waals surface area contributed by atoms with E-state index in [-0.39, 0.29) is 0 Å². The average Bonchev–Trinajstić information content (AvgIpc) is 2.83. The topological polar surface area (TPSA) is 21.7 Å². The van der Waals surface area contributed by atoms with Crippen LogP contribution in [0.25, 0.3) is 16.8 Å². The third kappa shape index (κ3) is 3.23. The fourth-order valence-corrected chi connectivity index (χ4v) is 4.27. The Labute approximate surface area is 183 Å². The molecule has 1 atom stereocenters. The number of fused-ring (bicyclic) bond motifs is 3. The van der Waals surface area contributed by atoms with Gasteiger partial charge in [0.1, 0.15) is 11.5 Å². The van der Waals surface area contributed by atoms with Gasteiger partial charge < -0.3 is 14.4 Å². The predicted octanol–water partition coefficient (Wildman–Crippen LogP) is 6.26. The van der Waals surface area contributed by atoms with E-state index in [0.717, 1.165) is 33.9 Å². The van der Waals surface area contributed by atoms with Crippen LogP contribution in [0.15, 0.2) is 91.0 Å². The molecule has 1 unspecified atom stereocenters. The molecule has 1 heterocycles. The molecule has 0 spiro atoms. The predicted molar refractivity (Wildman–Crippen MR) is 128 cm³/mol. The molecular formula is C28H25NO2. The third-order valence-corrected chi connectivity index (χ3v) is 6.02. The number of benzene rings is 4. The average molecular weight is 408 g/mol. The Hall–Kier alpha value is -3.72. The Morgan fingerprint density at radius 2 is 1.45 bits per heavy atom. The van der Waals surface area contributed by atoms with Crippen LogP contribution in [0.3, 0.4) is 0 Å². The van der Waals surface area contributed by atoms with Crippen LogP contribution in [-0.4, -0.2) is 21.2 Å². The van der Waals surface area contributed by atoms with Gasteiger partial charge in [-0.05, 0) is 53.3 Å². The van der Waals surface area contributed by atoms with Crippen molar-refractivity contribution in [1.82, 2.24) is 0 Å². The first kappa shape index (κ1) is 19.3. The van der Waals surface area contributed by atoms with E-state index in [1.807, 2.05) is 26.2 Å². The largest absolute Gasteiger partial charge is 0.497 e. The van der Waals surface area contributed by atoms with Crippen LogP contribution >= 0.6 is 0 Å². The Morgan fingerprint density at radius 3 is 2.13 bits per heavy atom. The summed E-state index contributed by atoms with van der Waals surface area (Å²) in [5.41, 5.74) is 3.69. The highest BCUT2D eigenvalue weighted by atomic mass is 16.5. The fourth-order valence-electron chi connectivity index (χ4n) is 4.27. The summed E-state index contributed by atoms with van der Waals surface area (Å²) in [6.45, 7) is 0. The van der Waals surface area contributed by atoms with Gasteiger partial charge in [-0.3, -0.25) is 0 Å². The zero-order valence-corrected chi connectivity index (χ0v) is 18.0. The Balaban J connectivity index is 1.68. The second kappa shape index (κ2) is 7.51. The number of hydrogen-bond acceptors (Lipinski definition) is 3. The molecule has 0 amide bonds. The molecule has 1 aliphatic heterocycles. The highest BCUT2D eigenvalue weighted by Crippen LogP contribution is 2.44. The van der Waals surface area contributed by atoms with Crippen molar-refractivity contribution in [2.75, 3.05) is 26.1 Å². The lowest BCUT2D eigenvalue weighted by Gasteiger charge is -2.36. The Kier molecular flexibility index (Phi) is 4.67. The summed E-state index contributed by atoms with van der Waals surface area (Å²) in [7, 11) is 5.78. The number of rotatable bonds is 4. The molecule has 0 radical (unpaired) electrons. The van der Waals surface area contributed by atoms with Crippen LogP contribution < -0.4 is 14.4 Å². The minimum Gasteiger partial charge on any atom is -0.497 e. The molecule has 0 aromatic heterocycles. The van der Waals surface area contributed by atoms with Crippen LogP contribution in [0.4, 0.5) is 5.69 Å².